The molecule has 1 aliphatic rings. The second kappa shape index (κ2) is 9.56. The van der Waals surface area contributed by atoms with Gasteiger partial charge in [0.25, 0.3) is 0 Å². The first kappa shape index (κ1) is 23.5. The number of methoxy groups -OCH3 is 1. The van der Waals surface area contributed by atoms with Gasteiger partial charge in [-0.15, -0.1) is 0 Å². The fraction of sp³-hybridized carbons (Fsp3) is 0.429. The van der Waals surface area contributed by atoms with Gasteiger partial charge in [0, 0.05) is 20.6 Å². The lowest BCUT2D eigenvalue weighted by atomic mass is 9.92. The average molecular weight is 469 g/mol. The molecule has 1 N–H and O–H groups in total. The van der Waals surface area contributed by atoms with Crippen molar-refractivity contribution in [3.05, 3.63) is 47.5 Å². The molecule has 0 amide bonds. The average Bonchev–Trinajstić information content (AvgIpc) is 2.76. The number of sulfonamides is 2. The van der Waals surface area contributed by atoms with Gasteiger partial charge in [-0.2, -0.15) is 0 Å². The van der Waals surface area contributed by atoms with E-state index in [1.165, 1.54) is 45.5 Å². The van der Waals surface area contributed by atoms with Crippen LogP contribution in [0.25, 0.3) is 0 Å². The molecule has 0 aliphatic heterocycles. The Hall–Kier alpha value is -2.14. The Balaban J connectivity index is 1.62. The number of ether oxygens (including phenoxy) is 2. The summed E-state index contributed by atoms with van der Waals surface area (Å²) in [5, 5.41) is 0. The number of nitrogens with one attached hydrogen (secondary N) is 1. The van der Waals surface area contributed by atoms with E-state index in [-0.39, 0.29) is 22.9 Å². The van der Waals surface area contributed by atoms with Gasteiger partial charge < -0.3 is 9.47 Å². The van der Waals surface area contributed by atoms with Crippen LogP contribution in [-0.2, 0) is 32.9 Å². The fourth-order valence-electron chi connectivity index (χ4n) is 3.45. The molecule has 2 aromatic carbocycles. The van der Waals surface area contributed by atoms with E-state index in [0.717, 1.165) is 41.1 Å². The van der Waals surface area contributed by atoms with Crippen molar-refractivity contribution in [2.45, 2.75) is 35.5 Å². The molecule has 0 bridgehead atoms. The summed E-state index contributed by atoms with van der Waals surface area (Å²) in [6, 6.07) is 9.51. The van der Waals surface area contributed by atoms with Crippen LogP contribution in [0.3, 0.4) is 0 Å². The molecular weight excluding hydrogens is 440 g/mol. The molecule has 0 fully saturated rings. The van der Waals surface area contributed by atoms with Crippen LogP contribution in [0.15, 0.2) is 46.2 Å². The largest absolute Gasteiger partial charge is 0.495 e. The van der Waals surface area contributed by atoms with E-state index < -0.39 is 20.0 Å². The van der Waals surface area contributed by atoms with Gasteiger partial charge in [-0.1, -0.05) is 0 Å². The van der Waals surface area contributed by atoms with Crippen molar-refractivity contribution >= 4 is 20.0 Å². The number of benzene rings is 2. The SMILES string of the molecule is COc1cc2c(cc1S(=O)(=O)NCCOc1ccc(S(=O)(=O)N(C)C)cc1)CCCC2. The highest BCUT2D eigenvalue weighted by atomic mass is 32.2. The summed E-state index contributed by atoms with van der Waals surface area (Å²) < 4.78 is 64.3. The number of nitrogens with zero attached hydrogens (tertiary/aromatic N) is 1. The minimum absolute atomic E-state index is 0.0559. The van der Waals surface area contributed by atoms with E-state index in [1.807, 2.05) is 6.07 Å². The van der Waals surface area contributed by atoms with Gasteiger partial charge in [0.1, 0.15) is 23.0 Å². The van der Waals surface area contributed by atoms with Crippen molar-refractivity contribution in [2.75, 3.05) is 34.4 Å². The molecule has 1 aliphatic carbocycles. The molecule has 0 saturated carbocycles. The topological polar surface area (TPSA) is 102 Å². The van der Waals surface area contributed by atoms with Gasteiger partial charge in [-0.3, -0.25) is 0 Å². The molecule has 8 nitrogen and oxygen atoms in total. The monoisotopic (exact) mass is 468 g/mol. The van der Waals surface area contributed by atoms with E-state index >= 15 is 0 Å². The molecule has 0 atom stereocenters. The molecular formula is C21H28N2O6S2. The van der Waals surface area contributed by atoms with Crippen molar-refractivity contribution in [2.24, 2.45) is 0 Å². The van der Waals surface area contributed by atoms with Crippen molar-refractivity contribution in [1.82, 2.24) is 9.03 Å². The van der Waals surface area contributed by atoms with Gasteiger partial charge in [-0.05, 0) is 73.2 Å². The zero-order valence-electron chi connectivity index (χ0n) is 17.9. The van der Waals surface area contributed by atoms with Gasteiger partial charge in [0.2, 0.25) is 20.0 Å². The van der Waals surface area contributed by atoms with Crippen LogP contribution >= 0.6 is 0 Å². The Labute approximate surface area is 184 Å². The normalized spacial score (nSPS) is 14.3. The number of rotatable bonds is 9. The van der Waals surface area contributed by atoms with Gasteiger partial charge in [0.05, 0.1) is 12.0 Å². The standard InChI is InChI=1S/C21H28N2O6S2/c1-23(2)31(26,27)19-10-8-18(9-11-19)29-13-12-22-30(24,25)21-15-17-7-5-4-6-16(17)14-20(21)28-3/h8-11,14-15,22H,4-7,12-13H2,1-3H3. The molecule has 0 radical (unpaired) electrons. The zero-order valence-corrected chi connectivity index (χ0v) is 19.6. The summed E-state index contributed by atoms with van der Waals surface area (Å²) >= 11 is 0. The smallest absolute Gasteiger partial charge is 0.244 e. The highest BCUT2D eigenvalue weighted by molar-refractivity contribution is 7.89. The molecule has 0 aromatic heterocycles. The number of hydrogen-bond donors (Lipinski definition) is 1. The first-order valence-corrected chi connectivity index (χ1v) is 12.9. The van der Waals surface area contributed by atoms with Crippen LogP contribution in [0.1, 0.15) is 24.0 Å². The Morgan fingerprint density at radius 1 is 0.968 bits per heavy atom. The summed E-state index contributed by atoms with van der Waals surface area (Å²) in [5.74, 6) is 0.787. The zero-order chi connectivity index (χ0) is 22.6. The summed E-state index contributed by atoms with van der Waals surface area (Å²) in [5.41, 5.74) is 2.20. The minimum Gasteiger partial charge on any atom is -0.495 e. The van der Waals surface area contributed by atoms with Gasteiger partial charge in [-0.25, -0.2) is 25.9 Å². The Bertz CT molecular complexity index is 1130. The quantitative estimate of drug-likeness (QED) is 0.566. The number of fused-ring (bicyclic) bond motifs is 1. The van der Waals surface area contributed by atoms with Crippen molar-refractivity contribution < 1.29 is 26.3 Å². The third-order valence-corrected chi connectivity index (χ3v) is 8.49. The summed E-state index contributed by atoms with van der Waals surface area (Å²) in [4.78, 5) is 0.291. The third kappa shape index (κ3) is 5.38. The highest BCUT2D eigenvalue weighted by Crippen LogP contribution is 2.31. The summed E-state index contributed by atoms with van der Waals surface area (Å²) in [6.07, 6.45) is 3.95. The van der Waals surface area contributed by atoms with Crippen LogP contribution in [-0.4, -0.2) is 55.5 Å². The van der Waals surface area contributed by atoms with Crippen LogP contribution < -0.4 is 14.2 Å². The molecule has 170 valence electrons. The Morgan fingerprint density at radius 2 is 1.58 bits per heavy atom. The Morgan fingerprint density at radius 3 is 2.16 bits per heavy atom. The lowest BCUT2D eigenvalue weighted by molar-refractivity contribution is 0.322. The van der Waals surface area contributed by atoms with Crippen LogP contribution in [0.4, 0.5) is 0 Å². The van der Waals surface area contributed by atoms with Crippen molar-refractivity contribution in [3.63, 3.8) is 0 Å². The van der Waals surface area contributed by atoms with E-state index in [4.69, 9.17) is 9.47 Å². The maximum absolute atomic E-state index is 12.8. The molecule has 10 heteroatoms. The molecule has 0 unspecified atom stereocenters. The molecule has 2 aromatic rings. The Kier molecular flexibility index (Phi) is 7.25. The predicted molar refractivity (Wildman–Crippen MR) is 118 cm³/mol. The summed E-state index contributed by atoms with van der Waals surface area (Å²) in [7, 11) is -2.89. The first-order valence-electron chi connectivity index (χ1n) is 10.00. The highest BCUT2D eigenvalue weighted by Gasteiger charge is 2.23. The summed E-state index contributed by atoms with van der Waals surface area (Å²) in [6.45, 7) is 0.145. The van der Waals surface area contributed by atoms with E-state index in [2.05, 4.69) is 4.72 Å². The predicted octanol–water partition coefficient (Wildman–Crippen LogP) is 2.18. The second-order valence-electron chi connectivity index (χ2n) is 7.48. The number of hydrogen-bond acceptors (Lipinski definition) is 6. The van der Waals surface area contributed by atoms with Gasteiger partial charge >= 0.3 is 0 Å². The fourth-order valence-corrected chi connectivity index (χ4v) is 5.57. The van der Waals surface area contributed by atoms with E-state index in [9.17, 15) is 16.8 Å². The molecule has 3 rings (SSSR count). The minimum atomic E-state index is -3.77. The molecule has 0 saturated heterocycles. The molecule has 31 heavy (non-hydrogen) atoms. The van der Waals surface area contributed by atoms with Crippen LogP contribution in [0.2, 0.25) is 0 Å². The van der Waals surface area contributed by atoms with Crippen LogP contribution in [0, 0.1) is 0 Å². The third-order valence-electron chi connectivity index (χ3n) is 5.18. The van der Waals surface area contributed by atoms with Crippen molar-refractivity contribution in [1.29, 1.82) is 0 Å². The van der Waals surface area contributed by atoms with E-state index in [1.54, 1.807) is 6.07 Å². The maximum Gasteiger partial charge on any atom is 0.244 e. The second-order valence-corrected chi connectivity index (χ2v) is 11.4. The van der Waals surface area contributed by atoms with Crippen LogP contribution in [0.5, 0.6) is 11.5 Å². The maximum atomic E-state index is 12.8. The molecule has 0 spiro atoms. The lowest BCUT2D eigenvalue weighted by Crippen LogP contribution is -2.29. The van der Waals surface area contributed by atoms with Gasteiger partial charge in [0.15, 0.2) is 0 Å². The lowest BCUT2D eigenvalue weighted by Gasteiger charge is -2.19. The first-order chi connectivity index (χ1) is 14.6. The van der Waals surface area contributed by atoms with E-state index in [0.29, 0.717) is 11.5 Å². The van der Waals surface area contributed by atoms with Crippen molar-refractivity contribution in [3.8, 4) is 11.5 Å². The number of aryl methyl sites for hydroxylation is 2. The molecule has 0 heterocycles.